The molecule has 0 unspecified atom stereocenters. The topological polar surface area (TPSA) is 63.9 Å². The maximum absolute atomic E-state index is 13.0. The lowest BCUT2D eigenvalue weighted by atomic mass is 10.1. The van der Waals surface area contributed by atoms with Gasteiger partial charge in [-0.05, 0) is 50.7 Å². The van der Waals surface area contributed by atoms with Crippen LogP contribution in [0.4, 0.5) is 23.5 Å². The molecule has 1 fully saturated rings. The Bertz CT molecular complexity index is 1050. The van der Waals surface area contributed by atoms with Gasteiger partial charge < -0.3 is 19.7 Å². The van der Waals surface area contributed by atoms with E-state index in [-0.39, 0.29) is 28.8 Å². The summed E-state index contributed by atoms with van der Waals surface area (Å²) in [6, 6.07) is 7.31. The van der Waals surface area contributed by atoms with Crippen LogP contribution in [0, 0.1) is 0 Å². The van der Waals surface area contributed by atoms with Crippen LogP contribution >= 0.6 is 0 Å². The Morgan fingerprint density at radius 2 is 1.90 bits per heavy atom. The van der Waals surface area contributed by atoms with E-state index in [0.717, 1.165) is 32.0 Å². The van der Waals surface area contributed by atoms with Gasteiger partial charge in [0.2, 0.25) is 5.95 Å². The van der Waals surface area contributed by atoms with Crippen LogP contribution in [0.5, 0.6) is 11.5 Å². The summed E-state index contributed by atoms with van der Waals surface area (Å²) >= 11 is 0. The van der Waals surface area contributed by atoms with Gasteiger partial charge in [-0.3, -0.25) is 4.40 Å². The zero-order chi connectivity index (χ0) is 22.0. The van der Waals surface area contributed by atoms with Crippen molar-refractivity contribution >= 4 is 11.5 Å². The summed E-state index contributed by atoms with van der Waals surface area (Å²) in [5, 5.41) is 11.9. The number of likely N-dealkylation sites (tertiary alicyclic amines) is 1. The summed E-state index contributed by atoms with van der Waals surface area (Å²) in [7, 11) is 2.06. The summed E-state index contributed by atoms with van der Waals surface area (Å²) in [4.78, 5) is 2.23. The van der Waals surface area contributed by atoms with E-state index in [9.17, 15) is 17.6 Å². The van der Waals surface area contributed by atoms with Gasteiger partial charge in [-0.15, -0.1) is 10.2 Å². The second kappa shape index (κ2) is 8.96. The normalized spacial score (nSPS) is 17.5. The number of benzene rings is 1. The Balaban J connectivity index is 1.70. The van der Waals surface area contributed by atoms with Crippen molar-refractivity contribution in [2.24, 2.45) is 0 Å². The van der Waals surface area contributed by atoms with Gasteiger partial charge in [-0.25, -0.2) is 0 Å². The summed E-state index contributed by atoms with van der Waals surface area (Å²) in [6.07, 6.45) is 3.84. The first-order valence-corrected chi connectivity index (χ1v) is 9.73. The molecular formula is C20H21F4N5O2. The molecule has 3 aromatic rings. The zero-order valence-corrected chi connectivity index (χ0v) is 16.6. The molecule has 31 heavy (non-hydrogen) atoms. The van der Waals surface area contributed by atoms with Gasteiger partial charge in [0.15, 0.2) is 0 Å². The molecule has 1 saturated heterocycles. The lowest BCUT2D eigenvalue weighted by Gasteiger charge is -2.30. The lowest BCUT2D eigenvalue weighted by molar-refractivity contribution is -0.0540. The number of aromatic nitrogens is 3. The smallest absolute Gasteiger partial charge is 0.387 e. The van der Waals surface area contributed by atoms with Crippen LogP contribution in [0.2, 0.25) is 0 Å². The number of likely N-dealkylation sites (N-methyl/N-ethyl adjacent to an activating group) is 1. The summed E-state index contributed by atoms with van der Waals surface area (Å²) in [5.74, 6) is -0.105. The number of rotatable bonds is 7. The second-order valence-electron chi connectivity index (χ2n) is 7.30. The molecule has 0 bridgehead atoms. The van der Waals surface area contributed by atoms with E-state index in [0.29, 0.717) is 11.5 Å². The molecule has 2 aromatic heterocycles. The van der Waals surface area contributed by atoms with Gasteiger partial charge in [-0.1, -0.05) is 0 Å². The van der Waals surface area contributed by atoms with Crippen LogP contribution in [-0.4, -0.2) is 58.9 Å². The highest BCUT2D eigenvalue weighted by Crippen LogP contribution is 2.36. The first-order valence-electron chi connectivity index (χ1n) is 9.73. The van der Waals surface area contributed by atoms with E-state index in [1.807, 2.05) is 0 Å². The first kappa shape index (κ1) is 21.2. The zero-order valence-electron chi connectivity index (χ0n) is 16.6. The van der Waals surface area contributed by atoms with E-state index >= 15 is 0 Å². The highest BCUT2D eigenvalue weighted by atomic mass is 19.3. The molecule has 1 aromatic carbocycles. The number of halogens is 4. The second-order valence-corrected chi connectivity index (χ2v) is 7.30. The highest BCUT2D eigenvalue weighted by molar-refractivity contribution is 5.81. The average molecular weight is 439 g/mol. The van der Waals surface area contributed by atoms with E-state index in [4.69, 9.17) is 0 Å². The van der Waals surface area contributed by atoms with Crippen molar-refractivity contribution in [3.63, 3.8) is 0 Å². The number of ether oxygens (including phenoxy) is 2. The van der Waals surface area contributed by atoms with E-state index in [1.54, 1.807) is 22.7 Å². The van der Waals surface area contributed by atoms with Gasteiger partial charge in [0, 0.05) is 30.4 Å². The van der Waals surface area contributed by atoms with Gasteiger partial charge in [0.05, 0.1) is 5.52 Å². The minimum atomic E-state index is -3.15. The SMILES string of the molecule is CN1CCC[C@@H](Nc2nnc(-c3ccc(OC(F)F)cc3OC(F)F)c3cccn23)C1. The van der Waals surface area contributed by atoms with Gasteiger partial charge in [0.25, 0.3) is 0 Å². The number of hydrogen-bond acceptors (Lipinski definition) is 6. The molecule has 1 N–H and O–H groups in total. The molecule has 3 heterocycles. The molecule has 11 heteroatoms. The molecule has 1 aliphatic rings. The fourth-order valence-corrected chi connectivity index (χ4v) is 3.78. The monoisotopic (exact) mass is 439 g/mol. The number of nitrogens with one attached hydrogen (secondary N) is 1. The molecule has 0 amide bonds. The quantitative estimate of drug-likeness (QED) is 0.559. The van der Waals surface area contributed by atoms with Crippen LogP contribution in [0.25, 0.3) is 16.8 Å². The summed E-state index contributed by atoms with van der Waals surface area (Å²) < 4.78 is 61.6. The van der Waals surface area contributed by atoms with Crippen LogP contribution in [-0.2, 0) is 0 Å². The van der Waals surface area contributed by atoms with Crippen LogP contribution in [0.15, 0.2) is 36.5 Å². The predicted octanol–water partition coefficient (Wildman–Crippen LogP) is 4.11. The molecule has 0 saturated carbocycles. The number of nitrogens with zero attached hydrogens (tertiary/aromatic N) is 4. The average Bonchev–Trinajstić information content (AvgIpc) is 3.18. The van der Waals surface area contributed by atoms with E-state index < -0.39 is 13.2 Å². The third-order valence-electron chi connectivity index (χ3n) is 5.07. The fourth-order valence-electron chi connectivity index (χ4n) is 3.78. The van der Waals surface area contributed by atoms with Crippen molar-refractivity contribution in [3.05, 3.63) is 36.5 Å². The van der Waals surface area contributed by atoms with Crippen molar-refractivity contribution in [2.75, 3.05) is 25.5 Å². The summed E-state index contributed by atoms with van der Waals surface area (Å²) in [5.41, 5.74) is 1.06. The van der Waals surface area contributed by atoms with Crippen LogP contribution in [0.3, 0.4) is 0 Å². The molecule has 7 nitrogen and oxygen atoms in total. The predicted molar refractivity (Wildman–Crippen MR) is 106 cm³/mol. The summed E-state index contributed by atoms with van der Waals surface area (Å²) in [6.45, 7) is -4.34. The van der Waals surface area contributed by atoms with Crippen molar-refractivity contribution in [1.29, 1.82) is 0 Å². The van der Waals surface area contributed by atoms with Crippen LogP contribution < -0.4 is 14.8 Å². The maximum Gasteiger partial charge on any atom is 0.387 e. The molecule has 4 rings (SSSR count). The molecule has 0 radical (unpaired) electrons. The van der Waals surface area contributed by atoms with Gasteiger partial charge in [-0.2, -0.15) is 17.6 Å². The molecule has 0 spiro atoms. The van der Waals surface area contributed by atoms with Crippen molar-refractivity contribution in [2.45, 2.75) is 32.1 Å². The standard InChI is InChI=1S/C20H21F4N5O2/c1-28-8-2-4-12(11-28)25-20-27-26-17(15-5-3-9-29(15)20)14-7-6-13(30-18(21)22)10-16(14)31-19(23)24/h3,5-7,9-10,12,18-19H,2,4,8,11H2,1H3,(H,25,27)/t12-/m1/s1. The molecule has 1 atom stereocenters. The van der Waals surface area contributed by atoms with Crippen LogP contribution in [0.1, 0.15) is 12.8 Å². The van der Waals surface area contributed by atoms with Crippen molar-refractivity contribution in [1.82, 2.24) is 19.5 Å². The molecule has 166 valence electrons. The first-order chi connectivity index (χ1) is 14.9. The van der Waals surface area contributed by atoms with E-state index in [1.165, 1.54) is 12.1 Å². The minimum absolute atomic E-state index is 0.182. The Kier molecular flexibility index (Phi) is 6.12. The fraction of sp³-hybridized carbons (Fsp3) is 0.400. The lowest BCUT2D eigenvalue weighted by Crippen LogP contribution is -2.40. The number of alkyl halides is 4. The molecular weight excluding hydrogens is 418 g/mol. The highest BCUT2D eigenvalue weighted by Gasteiger charge is 2.21. The Morgan fingerprint density at radius 1 is 1.10 bits per heavy atom. The Hall–Kier alpha value is -3.08. The third kappa shape index (κ3) is 4.82. The maximum atomic E-state index is 13.0. The number of fused-ring (bicyclic) bond motifs is 1. The molecule has 1 aliphatic heterocycles. The molecule has 0 aliphatic carbocycles. The number of hydrogen-bond donors (Lipinski definition) is 1. The number of piperidine rings is 1. The van der Waals surface area contributed by atoms with E-state index in [2.05, 4.69) is 36.9 Å². The largest absolute Gasteiger partial charge is 0.435 e. The van der Waals surface area contributed by atoms with Crippen molar-refractivity contribution in [3.8, 4) is 22.8 Å². The third-order valence-corrected chi connectivity index (χ3v) is 5.07. The Morgan fingerprint density at radius 3 is 2.65 bits per heavy atom. The number of anilines is 1. The van der Waals surface area contributed by atoms with Gasteiger partial charge in [0.1, 0.15) is 17.2 Å². The Labute approximate surface area is 175 Å². The van der Waals surface area contributed by atoms with Gasteiger partial charge >= 0.3 is 13.2 Å². The minimum Gasteiger partial charge on any atom is -0.435 e. The van der Waals surface area contributed by atoms with Crippen molar-refractivity contribution < 1.29 is 27.0 Å².